The summed E-state index contributed by atoms with van der Waals surface area (Å²) in [6.45, 7) is 0. The monoisotopic (exact) mass is 544 g/mol. The molecule has 0 bridgehead atoms. The quantitative estimate of drug-likeness (QED) is 0.355. The van der Waals surface area contributed by atoms with Gasteiger partial charge in [0.2, 0.25) is 5.75 Å². The Kier molecular flexibility index (Phi) is 6.33. The van der Waals surface area contributed by atoms with Crippen molar-refractivity contribution in [1.82, 2.24) is 4.57 Å². The van der Waals surface area contributed by atoms with E-state index in [0.29, 0.717) is 31.6 Å². The van der Waals surface area contributed by atoms with Gasteiger partial charge in [-0.3, -0.25) is 9.36 Å². The van der Waals surface area contributed by atoms with E-state index in [-0.39, 0.29) is 11.6 Å². The summed E-state index contributed by atoms with van der Waals surface area (Å²) < 4.78 is 18.8. The molecule has 2 aliphatic rings. The fourth-order valence-corrected chi connectivity index (χ4v) is 6.57. The molecule has 6 nitrogen and oxygen atoms in total. The van der Waals surface area contributed by atoms with E-state index in [0.717, 1.165) is 40.8 Å². The highest BCUT2D eigenvalue weighted by Gasteiger charge is 2.33. The maximum atomic E-state index is 14.0. The summed E-state index contributed by atoms with van der Waals surface area (Å²) in [4.78, 5) is 19.7. The molecular weight excluding hydrogens is 520 g/mol. The van der Waals surface area contributed by atoms with Gasteiger partial charge in [-0.05, 0) is 59.4 Å². The molecular formula is C30H25ClN2O4S. The van der Waals surface area contributed by atoms with Crippen molar-refractivity contribution in [3.8, 4) is 17.2 Å². The molecule has 38 heavy (non-hydrogen) atoms. The molecule has 0 saturated heterocycles. The number of hydrogen-bond donors (Lipinski definition) is 0. The van der Waals surface area contributed by atoms with E-state index < -0.39 is 0 Å². The van der Waals surface area contributed by atoms with Crippen LogP contribution in [0.2, 0.25) is 5.02 Å². The molecule has 0 saturated carbocycles. The summed E-state index contributed by atoms with van der Waals surface area (Å²) in [5.74, 6) is 1.54. The van der Waals surface area contributed by atoms with Gasteiger partial charge >= 0.3 is 0 Å². The van der Waals surface area contributed by atoms with Crippen molar-refractivity contribution in [2.24, 2.45) is 4.99 Å². The van der Waals surface area contributed by atoms with Crippen LogP contribution in [0.3, 0.4) is 0 Å². The van der Waals surface area contributed by atoms with Crippen LogP contribution in [0, 0.1) is 0 Å². The molecule has 0 radical (unpaired) electrons. The van der Waals surface area contributed by atoms with Crippen molar-refractivity contribution in [2.45, 2.75) is 18.9 Å². The van der Waals surface area contributed by atoms with Crippen LogP contribution in [-0.4, -0.2) is 25.9 Å². The third-order valence-electron chi connectivity index (χ3n) is 7.06. The average molecular weight is 545 g/mol. The Morgan fingerprint density at radius 3 is 2.39 bits per heavy atom. The molecule has 1 aliphatic carbocycles. The van der Waals surface area contributed by atoms with E-state index in [1.54, 1.807) is 25.9 Å². The van der Waals surface area contributed by atoms with E-state index >= 15 is 0 Å². The molecule has 6 rings (SSSR count). The highest BCUT2D eigenvalue weighted by atomic mass is 35.5. The van der Waals surface area contributed by atoms with Gasteiger partial charge in [0.15, 0.2) is 16.3 Å². The molecule has 0 unspecified atom stereocenters. The zero-order valence-electron chi connectivity index (χ0n) is 21.2. The van der Waals surface area contributed by atoms with Gasteiger partial charge in [-0.25, -0.2) is 4.99 Å². The normalized spacial score (nSPS) is 16.3. The lowest BCUT2D eigenvalue weighted by atomic mass is 9.83. The van der Waals surface area contributed by atoms with E-state index in [1.165, 1.54) is 16.9 Å². The smallest absolute Gasteiger partial charge is 0.271 e. The molecule has 0 amide bonds. The number of hydrogen-bond acceptors (Lipinski definition) is 6. The van der Waals surface area contributed by atoms with Gasteiger partial charge in [-0.2, -0.15) is 0 Å². The van der Waals surface area contributed by atoms with Gasteiger partial charge in [0.1, 0.15) is 0 Å². The molecule has 1 atom stereocenters. The molecule has 0 N–H and O–H groups in total. The number of aryl methyl sites for hydroxylation is 1. The lowest BCUT2D eigenvalue weighted by Crippen LogP contribution is -2.38. The fourth-order valence-electron chi connectivity index (χ4n) is 5.33. The van der Waals surface area contributed by atoms with Crippen LogP contribution in [0.4, 0.5) is 0 Å². The van der Waals surface area contributed by atoms with Gasteiger partial charge in [0.05, 0.1) is 37.6 Å². The van der Waals surface area contributed by atoms with Crippen LogP contribution in [0.5, 0.6) is 17.2 Å². The molecule has 192 valence electrons. The highest BCUT2D eigenvalue weighted by Crippen LogP contribution is 2.43. The van der Waals surface area contributed by atoms with E-state index in [1.807, 2.05) is 48.5 Å². The maximum absolute atomic E-state index is 14.0. The van der Waals surface area contributed by atoms with Crippen molar-refractivity contribution >= 4 is 34.7 Å². The zero-order chi connectivity index (χ0) is 26.4. The second-order valence-corrected chi connectivity index (χ2v) is 10.5. The van der Waals surface area contributed by atoms with Gasteiger partial charge in [0.25, 0.3) is 5.56 Å². The number of aromatic nitrogens is 1. The molecule has 2 heterocycles. The Balaban J connectivity index is 1.61. The van der Waals surface area contributed by atoms with Crippen molar-refractivity contribution in [2.75, 3.05) is 21.3 Å². The number of nitrogens with zero attached hydrogens (tertiary/aromatic N) is 2. The molecule has 4 aromatic rings. The van der Waals surface area contributed by atoms with Crippen LogP contribution >= 0.6 is 22.9 Å². The van der Waals surface area contributed by atoms with Crippen LogP contribution in [0.25, 0.3) is 11.8 Å². The minimum Gasteiger partial charge on any atom is -0.493 e. The summed E-state index contributed by atoms with van der Waals surface area (Å²) in [7, 11) is 4.70. The first-order chi connectivity index (χ1) is 18.5. The molecule has 1 aliphatic heterocycles. The number of rotatable bonds is 5. The average Bonchev–Trinajstić information content (AvgIpc) is 3.25. The Morgan fingerprint density at radius 1 is 0.974 bits per heavy atom. The number of fused-ring (bicyclic) bond motifs is 3. The second-order valence-electron chi connectivity index (χ2n) is 9.09. The van der Waals surface area contributed by atoms with Crippen molar-refractivity contribution in [3.05, 3.63) is 113 Å². The Bertz CT molecular complexity index is 1760. The van der Waals surface area contributed by atoms with Crippen LogP contribution in [0.1, 0.15) is 34.7 Å². The first kappa shape index (κ1) is 24.5. The minimum absolute atomic E-state index is 0.113. The largest absolute Gasteiger partial charge is 0.493 e. The summed E-state index contributed by atoms with van der Waals surface area (Å²) in [5.41, 5.74) is 5.99. The predicted molar refractivity (Wildman–Crippen MR) is 150 cm³/mol. The topological polar surface area (TPSA) is 62.1 Å². The number of allylic oxidation sites excluding steroid dienone is 1. The Labute approximate surface area is 228 Å². The van der Waals surface area contributed by atoms with Gasteiger partial charge in [-0.15, -0.1) is 0 Å². The Morgan fingerprint density at radius 2 is 1.68 bits per heavy atom. The minimum atomic E-state index is -0.328. The predicted octanol–water partition coefficient (Wildman–Crippen LogP) is 5.00. The van der Waals surface area contributed by atoms with Gasteiger partial charge in [-0.1, -0.05) is 65.4 Å². The lowest BCUT2D eigenvalue weighted by molar-refractivity contribution is 0.324. The number of benzene rings is 3. The summed E-state index contributed by atoms with van der Waals surface area (Å²) in [6, 6.07) is 19.4. The first-order valence-electron chi connectivity index (χ1n) is 12.2. The van der Waals surface area contributed by atoms with Crippen LogP contribution in [0.15, 0.2) is 76.0 Å². The summed E-state index contributed by atoms with van der Waals surface area (Å²) >= 11 is 8.09. The number of methoxy groups -OCH3 is 3. The fraction of sp³-hybridized carbons (Fsp3) is 0.200. The second kappa shape index (κ2) is 9.82. The van der Waals surface area contributed by atoms with Crippen molar-refractivity contribution < 1.29 is 14.2 Å². The number of halogens is 1. The van der Waals surface area contributed by atoms with Gasteiger partial charge in [0, 0.05) is 10.6 Å². The Hall–Kier alpha value is -3.81. The molecule has 0 spiro atoms. The van der Waals surface area contributed by atoms with E-state index in [9.17, 15) is 4.79 Å². The molecule has 1 aromatic heterocycles. The van der Waals surface area contributed by atoms with Gasteiger partial charge < -0.3 is 14.2 Å². The standard InChI is InChI=1S/C30H25ClN2O4S/c1-35-23-14-17(15-24(36-2)28(23)37-3)16-25-29(34)33-27(20-10-6-7-11-22(20)31)21-13-12-18-8-4-5-9-19(18)26(21)32-30(33)38-25/h4-11,14-16,27H,12-13H2,1-3H3/b25-16-/t27-/m0/s1. The third-order valence-corrected chi connectivity index (χ3v) is 8.38. The molecule has 3 aromatic carbocycles. The number of thiazole rings is 1. The number of ether oxygens (including phenoxy) is 3. The molecule has 8 heteroatoms. The van der Waals surface area contributed by atoms with E-state index in [2.05, 4.69) is 18.2 Å². The maximum Gasteiger partial charge on any atom is 0.271 e. The van der Waals surface area contributed by atoms with Crippen molar-refractivity contribution in [1.29, 1.82) is 0 Å². The highest BCUT2D eigenvalue weighted by molar-refractivity contribution is 7.07. The summed E-state index contributed by atoms with van der Waals surface area (Å²) in [6.07, 6.45) is 3.54. The first-order valence-corrected chi connectivity index (χ1v) is 13.4. The lowest BCUT2D eigenvalue weighted by Gasteiger charge is -2.31. The zero-order valence-corrected chi connectivity index (χ0v) is 22.7. The van der Waals surface area contributed by atoms with Crippen molar-refractivity contribution in [3.63, 3.8) is 0 Å². The van der Waals surface area contributed by atoms with E-state index in [4.69, 9.17) is 30.8 Å². The SMILES string of the molecule is COc1cc(/C=c2\sc3n(c2=O)[C@@H](c2ccccc2Cl)C2=C(N=3)c3ccccc3CC2)cc(OC)c1OC. The van der Waals surface area contributed by atoms with Crippen LogP contribution < -0.4 is 29.1 Å². The molecule has 0 fully saturated rings. The van der Waals surface area contributed by atoms with Crippen LogP contribution in [-0.2, 0) is 6.42 Å². The summed E-state index contributed by atoms with van der Waals surface area (Å²) in [5, 5.41) is 0.629. The third kappa shape index (κ3) is 3.94.